The van der Waals surface area contributed by atoms with Crippen LogP contribution in [0, 0.1) is 0 Å². The molecule has 0 unspecified atom stereocenters. The van der Waals surface area contributed by atoms with Gasteiger partial charge in [-0.1, -0.05) is 12.1 Å². The number of rotatable bonds is 2. The number of carbonyl (C=O) groups is 1. The molecule has 0 saturated heterocycles. The van der Waals surface area contributed by atoms with Crippen molar-refractivity contribution < 1.29 is 18.0 Å². The second-order valence-corrected chi connectivity index (χ2v) is 4.62. The summed E-state index contributed by atoms with van der Waals surface area (Å²) < 4.78 is 39.8. The van der Waals surface area contributed by atoms with Crippen molar-refractivity contribution in [2.24, 2.45) is 7.05 Å². The number of nitrogens with zero attached hydrogens (tertiary/aromatic N) is 2. The summed E-state index contributed by atoms with van der Waals surface area (Å²) in [5.41, 5.74) is -0.0841. The molecule has 100 valence electrons. The van der Waals surface area contributed by atoms with E-state index in [4.69, 9.17) is 0 Å². The lowest BCUT2D eigenvalue weighted by atomic mass is 10.1. The normalized spacial score (nSPS) is 11.6. The monoisotopic (exact) mass is 332 g/mol. The number of alkyl halides is 3. The first-order chi connectivity index (χ1) is 8.84. The zero-order chi connectivity index (χ0) is 14.2. The van der Waals surface area contributed by atoms with E-state index in [2.05, 4.69) is 21.0 Å². The number of benzene rings is 1. The standard InChI is InChI=1S/C12H8BrF3N2O/c1-18-11(13)9(6-19)10(17-18)7-3-2-4-8(5-7)12(14,15)16/h2-6H,1H3. The SMILES string of the molecule is Cn1nc(-c2cccc(C(F)(F)F)c2)c(C=O)c1Br. The van der Waals surface area contributed by atoms with Crippen LogP contribution in [0.1, 0.15) is 15.9 Å². The second-order valence-electron chi connectivity index (χ2n) is 3.87. The van der Waals surface area contributed by atoms with Gasteiger partial charge in [0.1, 0.15) is 10.3 Å². The van der Waals surface area contributed by atoms with Crippen molar-refractivity contribution >= 4 is 22.2 Å². The molecule has 0 aliphatic heterocycles. The smallest absolute Gasteiger partial charge is 0.298 e. The number of hydrogen-bond donors (Lipinski definition) is 0. The minimum Gasteiger partial charge on any atom is -0.298 e. The van der Waals surface area contributed by atoms with Crippen molar-refractivity contribution in [2.45, 2.75) is 6.18 Å². The zero-order valence-electron chi connectivity index (χ0n) is 9.70. The van der Waals surface area contributed by atoms with Crippen molar-refractivity contribution in [1.29, 1.82) is 0 Å². The Morgan fingerprint density at radius 1 is 1.37 bits per heavy atom. The average molecular weight is 333 g/mol. The lowest BCUT2D eigenvalue weighted by Gasteiger charge is -2.07. The van der Waals surface area contributed by atoms with Crippen LogP contribution in [0.15, 0.2) is 28.9 Å². The molecule has 1 heterocycles. The van der Waals surface area contributed by atoms with Crippen LogP contribution < -0.4 is 0 Å². The van der Waals surface area contributed by atoms with Crippen molar-refractivity contribution in [1.82, 2.24) is 9.78 Å². The van der Waals surface area contributed by atoms with E-state index in [1.165, 1.54) is 16.8 Å². The Hall–Kier alpha value is -1.63. The maximum Gasteiger partial charge on any atom is 0.416 e. The second kappa shape index (κ2) is 4.80. The molecule has 0 bridgehead atoms. The fraction of sp³-hybridized carbons (Fsp3) is 0.167. The van der Waals surface area contributed by atoms with Gasteiger partial charge in [-0.05, 0) is 28.1 Å². The molecule has 0 aliphatic rings. The summed E-state index contributed by atoms with van der Waals surface area (Å²) in [5, 5.41) is 4.05. The maximum atomic E-state index is 12.6. The molecule has 0 amide bonds. The van der Waals surface area contributed by atoms with E-state index >= 15 is 0 Å². The van der Waals surface area contributed by atoms with Gasteiger partial charge < -0.3 is 0 Å². The molecule has 0 radical (unpaired) electrons. The van der Waals surface area contributed by atoms with Crippen LogP contribution in [0.2, 0.25) is 0 Å². The van der Waals surface area contributed by atoms with E-state index in [1.807, 2.05) is 0 Å². The number of aldehydes is 1. The van der Waals surface area contributed by atoms with E-state index in [0.29, 0.717) is 10.9 Å². The van der Waals surface area contributed by atoms with Crippen LogP contribution >= 0.6 is 15.9 Å². The van der Waals surface area contributed by atoms with Gasteiger partial charge in [0.2, 0.25) is 0 Å². The zero-order valence-corrected chi connectivity index (χ0v) is 11.3. The number of halogens is 4. The molecule has 1 aromatic heterocycles. The fourth-order valence-electron chi connectivity index (χ4n) is 1.68. The first-order valence-corrected chi connectivity index (χ1v) is 5.99. The topological polar surface area (TPSA) is 34.9 Å². The van der Waals surface area contributed by atoms with Crippen molar-refractivity contribution in [3.63, 3.8) is 0 Å². The van der Waals surface area contributed by atoms with Gasteiger partial charge in [-0.15, -0.1) is 0 Å². The largest absolute Gasteiger partial charge is 0.416 e. The summed E-state index contributed by atoms with van der Waals surface area (Å²) in [4.78, 5) is 11.0. The lowest BCUT2D eigenvalue weighted by Crippen LogP contribution is -2.04. The summed E-state index contributed by atoms with van der Waals surface area (Å²) in [5.74, 6) is 0. The average Bonchev–Trinajstić information content (AvgIpc) is 2.64. The van der Waals surface area contributed by atoms with Gasteiger partial charge in [0.25, 0.3) is 0 Å². The predicted octanol–water partition coefficient (Wildman–Crippen LogP) is 3.68. The van der Waals surface area contributed by atoms with Gasteiger partial charge in [-0.2, -0.15) is 18.3 Å². The van der Waals surface area contributed by atoms with Crippen molar-refractivity contribution in [3.05, 3.63) is 40.0 Å². The van der Waals surface area contributed by atoms with Crippen LogP contribution in [0.4, 0.5) is 13.2 Å². The van der Waals surface area contributed by atoms with Crippen LogP contribution in [-0.4, -0.2) is 16.1 Å². The molecule has 1 aromatic carbocycles. The summed E-state index contributed by atoms with van der Waals surface area (Å²) >= 11 is 3.16. The van der Waals surface area contributed by atoms with Crippen LogP contribution in [-0.2, 0) is 13.2 Å². The maximum absolute atomic E-state index is 12.6. The molecule has 0 N–H and O–H groups in total. The predicted molar refractivity (Wildman–Crippen MR) is 66.7 cm³/mol. The van der Waals surface area contributed by atoms with Crippen LogP contribution in [0.25, 0.3) is 11.3 Å². The molecule has 0 fully saturated rings. The molecule has 0 atom stereocenters. The Labute approximate surface area is 115 Å². The summed E-state index contributed by atoms with van der Waals surface area (Å²) in [7, 11) is 1.59. The van der Waals surface area contributed by atoms with E-state index in [9.17, 15) is 18.0 Å². The van der Waals surface area contributed by atoms with Gasteiger partial charge in [0.05, 0.1) is 11.1 Å². The van der Waals surface area contributed by atoms with Crippen LogP contribution in [0.5, 0.6) is 0 Å². The first-order valence-electron chi connectivity index (χ1n) is 5.20. The molecular formula is C12H8BrF3N2O. The van der Waals surface area contributed by atoms with Gasteiger partial charge in [0.15, 0.2) is 6.29 Å². The van der Waals surface area contributed by atoms with Gasteiger partial charge in [0, 0.05) is 12.6 Å². The number of aromatic nitrogens is 2. The fourth-order valence-corrected chi connectivity index (χ4v) is 2.04. The minimum absolute atomic E-state index is 0.218. The van der Waals surface area contributed by atoms with Gasteiger partial charge >= 0.3 is 6.18 Å². The number of hydrogen-bond acceptors (Lipinski definition) is 2. The van der Waals surface area contributed by atoms with E-state index in [0.717, 1.165) is 12.1 Å². The number of aryl methyl sites for hydroxylation is 1. The highest BCUT2D eigenvalue weighted by molar-refractivity contribution is 9.10. The first kappa shape index (κ1) is 13.8. The highest BCUT2D eigenvalue weighted by Crippen LogP contribution is 2.33. The quantitative estimate of drug-likeness (QED) is 0.786. The van der Waals surface area contributed by atoms with E-state index in [-0.39, 0.29) is 16.8 Å². The Morgan fingerprint density at radius 3 is 2.63 bits per heavy atom. The highest BCUT2D eigenvalue weighted by atomic mass is 79.9. The third-order valence-electron chi connectivity index (χ3n) is 2.59. The summed E-state index contributed by atoms with van der Waals surface area (Å²) in [6, 6.07) is 4.72. The molecule has 19 heavy (non-hydrogen) atoms. The molecule has 2 aromatic rings. The van der Waals surface area contributed by atoms with Crippen molar-refractivity contribution in [2.75, 3.05) is 0 Å². The van der Waals surface area contributed by atoms with E-state index < -0.39 is 11.7 Å². The molecule has 2 rings (SSSR count). The summed E-state index contributed by atoms with van der Waals surface area (Å²) in [6.07, 6.45) is -3.87. The van der Waals surface area contributed by atoms with Crippen LogP contribution in [0.3, 0.4) is 0 Å². The van der Waals surface area contributed by atoms with Gasteiger partial charge in [-0.25, -0.2) is 0 Å². The van der Waals surface area contributed by atoms with Gasteiger partial charge in [-0.3, -0.25) is 9.48 Å². The Balaban J connectivity index is 2.60. The molecule has 0 saturated carbocycles. The molecule has 0 spiro atoms. The molecule has 0 aliphatic carbocycles. The third-order valence-corrected chi connectivity index (χ3v) is 3.53. The highest BCUT2D eigenvalue weighted by Gasteiger charge is 2.31. The Morgan fingerprint density at radius 2 is 2.05 bits per heavy atom. The van der Waals surface area contributed by atoms with Crippen molar-refractivity contribution in [3.8, 4) is 11.3 Å². The third kappa shape index (κ3) is 2.56. The molecule has 7 heteroatoms. The summed E-state index contributed by atoms with van der Waals surface area (Å²) in [6.45, 7) is 0. The number of carbonyl (C=O) groups excluding carboxylic acids is 1. The Bertz CT molecular complexity index is 634. The Kier molecular flexibility index (Phi) is 3.49. The minimum atomic E-state index is -4.43. The van der Waals surface area contributed by atoms with E-state index in [1.54, 1.807) is 7.05 Å². The molecule has 3 nitrogen and oxygen atoms in total. The lowest BCUT2D eigenvalue weighted by molar-refractivity contribution is -0.137. The molecular weight excluding hydrogens is 325 g/mol.